The minimum atomic E-state index is -0.302. The first kappa shape index (κ1) is 19.9. The van der Waals surface area contributed by atoms with E-state index in [0.29, 0.717) is 23.0 Å². The maximum absolute atomic E-state index is 13.0. The second-order valence-corrected chi connectivity index (χ2v) is 6.88. The summed E-state index contributed by atoms with van der Waals surface area (Å²) < 4.78 is 30.0. The number of nitrogens with one attached hydrogen (secondary N) is 1. The van der Waals surface area contributed by atoms with Crippen LogP contribution in [0.15, 0.2) is 57.4 Å². The normalized spacial score (nSPS) is 10.6. The molecule has 0 spiro atoms. The van der Waals surface area contributed by atoms with Gasteiger partial charge in [-0.05, 0) is 54.1 Å². The molecule has 3 aromatic rings. The van der Waals surface area contributed by atoms with Crippen LogP contribution in [0.3, 0.4) is 0 Å². The molecule has 7 heteroatoms. The van der Waals surface area contributed by atoms with Crippen molar-refractivity contribution >= 4 is 21.8 Å². The summed E-state index contributed by atoms with van der Waals surface area (Å²) in [4.78, 5) is 12.3. The molecule has 0 aliphatic heterocycles. The maximum Gasteiger partial charge on any atom is 0.224 e. The Labute approximate surface area is 170 Å². The highest BCUT2D eigenvalue weighted by atomic mass is 79.9. The fourth-order valence-corrected chi connectivity index (χ4v) is 3.16. The number of benzene rings is 2. The molecule has 0 fully saturated rings. The molecular weight excluding hydrogens is 429 g/mol. The Kier molecular flexibility index (Phi) is 6.36. The first-order valence-electron chi connectivity index (χ1n) is 8.52. The van der Waals surface area contributed by atoms with Crippen molar-refractivity contribution in [2.24, 2.45) is 0 Å². The zero-order valence-electron chi connectivity index (χ0n) is 15.4. The molecular formula is C21H19BrFNO4. The van der Waals surface area contributed by atoms with Gasteiger partial charge in [0.25, 0.3) is 0 Å². The van der Waals surface area contributed by atoms with E-state index in [1.165, 1.54) is 12.1 Å². The van der Waals surface area contributed by atoms with Crippen LogP contribution >= 0.6 is 15.9 Å². The summed E-state index contributed by atoms with van der Waals surface area (Å²) in [5.41, 5.74) is 1.55. The number of carbonyl (C=O) groups excluding carboxylic acids is 1. The van der Waals surface area contributed by atoms with Gasteiger partial charge >= 0.3 is 0 Å². The number of rotatable bonds is 7. The number of hydrogen-bond acceptors (Lipinski definition) is 4. The zero-order valence-corrected chi connectivity index (χ0v) is 17.0. The van der Waals surface area contributed by atoms with Crippen molar-refractivity contribution in [1.82, 2.24) is 5.32 Å². The van der Waals surface area contributed by atoms with Crippen molar-refractivity contribution in [3.8, 4) is 22.8 Å². The van der Waals surface area contributed by atoms with Crippen LogP contribution in [0, 0.1) is 5.82 Å². The molecule has 28 heavy (non-hydrogen) atoms. The van der Waals surface area contributed by atoms with Crippen molar-refractivity contribution in [2.75, 3.05) is 14.2 Å². The van der Waals surface area contributed by atoms with E-state index in [-0.39, 0.29) is 24.7 Å². The quantitative estimate of drug-likeness (QED) is 0.568. The van der Waals surface area contributed by atoms with E-state index in [4.69, 9.17) is 13.9 Å². The average molecular weight is 448 g/mol. The number of hydrogen-bond donors (Lipinski definition) is 1. The Morgan fingerprint density at radius 3 is 2.43 bits per heavy atom. The fourth-order valence-electron chi connectivity index (χ4n) is 2.70. The Morgan fingerprint density at radius 2 is 1.75 bits per heavy atom. The van der Waals surface area contributed by atoms with E-state index >= 15 is 0 Å². The number of ether oxygens (including phenoxy) is 2. The summed E-state index contributed by atoms with van der Waals surface area (Å²) in [6.07, 6.45) is 0.173. The van der Waals surface area contributed by atoms with Crippen LogP contribution in [0.1, 0.15) is 11.3 Å². The summed E-state index contributed by atoms with van der Waals surface area (Å²) in [5, 5.41) is 2.83. The van der Waals surface area contributed by atoms with Gasteiger partial charge < -0.3 is 19.2 Å². The fraction of sp³-hybridized carbons (Fsp3) is 0.190. The van der Waals surface area contributed by atoms with Crippen LogP contribution in [0.5, 0.6) is 11.5 Å². The summed E-state index contributed by atoms with van der Waals surface area (Å²) in [7, 11) is 3.10. The molecule has 0 aliphatic carbocycles. The first-order valence-corrected chi connectivity index (χ1v) is 9.31. The van der Waals surface area contributed by atoms with Gasteiger partial charge in [-0.15, -0.1) is 0 Å². The second-order valence-electron chi connectivity index (χ2n) is 6.02. The average Bonchev–Trinajstić information content (AvgIpc) is 3.17. The molecule has 0 radical (unpaired) electrons. The van der Waals surface area contributed by atoms with Crippen molar-refractivity contribution < 1.29 is 23.1 Å². The van der Waals surface area contributed by atoms with E-state index in [1.807, 2.05) is 0 Å². The van der Waals surface area contributed by atoms with E-state index in [1.54, 1.807) is 50.6 Å². The molecule has 1 amide bonds. The summed E-state index contributed by atoms with van der Waals surface area (Å²) >= 11 is 3.45. The minimum Gasteiger partial charge on any atom is -0.493 e. The molecule has 1 heterocycles. The van der Waals surface area contributed by atoms with Gasteiger partial charge in [0, 0.05) is 10.0 Å². The highest BCUT2D eigenvalue weighted by Gasteiger charge is 2.13. The van der Waals surface area contributed by atoms with Gasteiger partial charge in [0.1, 0.15) is 17.3 Å². The number of amides is 1. The standard InChI is InChI=1S/C21H19BrFNO4/c1-26-19-9-14(17(22)11-20(19)27-2)10-21(25)24-12-16-7-8-18(28-16)13-3-5-15(23)6-4-13/h3-9,11H,10,12H2,1-2H3,(H,24,25). The molecule has 1 aromatic heterocycles. The zero-order chi connectivity index (χ0) is 20.1. The SMILES string of the molecule is COc1cc(Br)c(CC(=O)NCc2ccc(-c3ccc(F)cc3)o2)cc1OC. The smallest absolute Gasteiger partial charge is 0.224 e. The lowest BCUT2D eigenvalue weighted by molar-refractivity contribution is -0.120. The largest absolute Gasteiger partial charge is 0.493 e. The van der Waals surface area contributed by atoms with E-state index in [2.05, 4.69) is 21.2 Å². The highest BCUT2D eigenvalue weighted by molar-refractivity contribution is 9.10. The summed E-state index contributed by atoms with van der Waals surface area (Å²) in [5.74, 6) is 1.91. The van der Waals surface area contributed by atoms with Gasteiger partial charge in [-0.25, -0.2) is 4.39 Å². The lowest BCUT2D eigenvalue weighted by Crippen LogP contribution is -2.24. The number of methoxy groups -OCH3 is 2. The molecule has 5 nitrogen and oxygen atoms in total. The van der Waals surface area contributed by atoms with Crippen molar-refractivity contribution in [1.29, 1.82) is 0 Å². The Balaban J connectivity index is 1.61. The molecule has 0 bridgehead atoms. The van der Waals surface area contributed by atoms with Crippen LogP contribution in [0.25, 0.3) is 11.3 Å². The third-order valence-corrected chi connectivity index (χ3v) is 4.89. The van der Waals surface area contributed by atoms with E-state index in [9.17, 15) is 9.18 Å². The minimum absolute atomic E-state index is 0.160. The van der Waals surface area contributed by atoms with Crippen LogP contribution in [0.4, 0.5) is 4.39 Å². The summed E-state index contributed by atoms with van der Waals surface area (Å²) in [6.45, 7) is 0.255. The molecule has 0 aliphatic rings. The van der Waals surface area contributed by atoms with E-state index in [0.717, 1.165) is 15.6 Å². The van der Waals surface area contributed by atoms with Gasteiger partial charge in [-0.2, -0.15) is 0 Å². The lowest BCUT2D eigenvalue weighted by atomic mass is 10.1. The molecule has 0 atom stereocenters. The molecule has 146 valence electrons. The molecule has 0 saturated carbocycles. The highest BCUT2D eigenvalue weighted by Crippen LogP contribution is 2.33. The van der Waals surface area contributed by atoms with Gasteiger partial charge in [-0.1, -0.05) is 15.9 Å². The van der Waals surface area contributed by atoms with Gasteiger partial charge in [0.2, 0.25) is 5.91 Å². The maximum atomic E-state index is 13.0. The van der Waals surface area contributed by atoms with Crippen LogP contribution in [-0.4, -0.2) is 20.1 Å². The monoisotopic (exact) mass is 447 g/mol. The van der Waals surface area contributed by atoms with Gasteiger partial charge in [0.15, 0.2) is 11.5 Å². The Morgan fingerprint density at radius 1 is 1.07 bits per heavy atom. The Hall–Kier alpha value is -2.80. The molecule has 3 rings (SSSR count). The summed E-state index contributed by atoms with van der Waals surface area (Å²) in [6, 6.07) is 13.1. The van der Waals surface area contributed by atoms with E-state index < -0.39 is 0 Å². The predicted octanol–water partition coefficient (Wildman–Crippen LogP) is 4.72. The third kappa shape index (κ3) is 4.72. The lowest BCUT2D eigenvalue weighted by Gasteiger charge is -2.12. The molecule has 2 aromatic carbocycles. The first-order chi connectivity index (χ1) is 13.5. The van der Waals surface area contributed by atoms with Crippen LogP contribution in [-0.2, 0) is 17.8 Å². The van der Waals surface area contributed by atoms with Gasteiger partial charge in [-0.3, -0.25) is 4.79 Å². The third-order valence-electron chi connectivity index (χ3n) is 4.15. The number of halogens is 2. The van der Waals surface area contributed by atoms with Crippen molar-refractivity contribution in [3.05, 3.63) is 70.1 Å². The van der Waals surface area contributed by atoms with Crippen LogP contribution < -0.4 is 14.8 Å². The van der Waals surface area contributed by atoms with Gasteiger partial charge in [0.05, 0.1) is 27.2 Å². The molecule has 0 saturated heterocycles. The second kappa shape index (κ2) is 8.93. The van der Waals surface area contributed by atoms with Crippen molar-refractivity contribution in [3.63, 3.8) is 0 Å². The number of furan rings is 1. The molecule has 0 unspecified atom stereocenters. The molecule has 1 N–H and O–H groups in total. The predicted molar refractivity (Wildman–Crippen MR) is 107 cm³/mol. The topological polar surface area (TPSA) is 60.7 Å². The number of carbonyl (C=O) groups is 1. The Bertz CT molecular complexity index is 969. The van der Waals surface area contributed by atoms with Crippen molar-refractivity contribution in [2.45, 2.75) is 13.0 Å². The van der Waals surface area contributed by atoms with Crippen LogP contribution in [0.2, 0.25) is 0 Å².